The molecule has 1 nitrogen and oxygen atoms in total. The Kier molecular flexibility index (Phi) is 3.97. The van der Waals surface area contributed by atoms with Crippen LogP contribution in [0.15, 0.2) is 34.1 Å². The Morgan fingerprint density at radius 1 is 1.41 bits per heavy atom. The molecule has 0 saturated heterocycles. The first kappa shape index (κ1) is 12.7. The van der Waals surface area contributed by atoms with Crippen LogP contribution in [0.5, 0.6) is 0 Å². The van der Waals surface area contributed by atoms with E-state index in [0.717, 1.165) is 9.35 Å². The number of hydrogen-bond acceptors (Lipinski definition) is 2. The van der Waals surface area contributed by atoms with Crippen LogP contribution in [0.2, 0.25) is 0 Å². The topological polar surface area (TPSA) is 20.2 Å². The van der Waals surface area contributed by atoms with Gasteiger partial charge in [-0.3, -0.25) is 0 Å². The molecule has 1 N–H and O–H groups in total. The van der Waals surface area contributed by atoms with E-state index in [1.54, 1.807) is 30.4 Å². The van der Waals surface area contributed by atoms with Gasteiger partial charge in [-0.25, -0.2) is 4.39 Å². The molecule has 2 rings (SSSR count). The minimum atomic E-state index is -0.667. The number of benzene rings is 1. The zero-order chi connectivity index (χ0) is 12.4. The van der Waals surface area contributed by atoms with E-state index in [1.807, 2.05) is 11.4 Å². The molecule has 2 aromatic rings. The molecule has 90 valence electrons. The summed E-state index contributed by atoms with van der Waals surface area (Å²) in [6, 6.07) is 6.81. The lowest BCUT2D eigenvalue weighted by atomic mass is 10.0. The van der Waals surface area contributed by atoms with Gasteiger partial charge in [0.2, 0.25) is 0 Å². The standard InChI is InChI=1S/C13H12BrFOS/c1-8-2-3-9(6-11(8)15)12(16)7-13-10(14)4-5-17-13/h2-6,12,16H,7H2,1H3. The molecule has 0 radical (unpaired) electrons. The summed E-state index contributed by atoms with van der Waals surface area (Å²) >= 11 is 5.00. The summed E-state index contributed by atoms with van der Waals surface area (Å²) in [4.78, 5) is 1.07. The van der Waals surface area contributed by atoms with Gasteiger partial charge in [-0.05, 0) is 51.5 Å². The lowest BCUT2D eigenvalue weighted by Gasteiger charge is -2.11. The molecule has 0 amide bonds. The number of aliphatic hydroxyl groups is 1. The minimum Gasteiger partial charge on any atom is -0.388 e. The van der Waals surface area contributed by atoms with Crippen molar-refractivity contribution < 1.29 is 9.50 Å². The van der Waals surface area contributed by atoms with Crippen molar-refractivity contribution in [2.24, 2.45) is 0 Å². The predicted molar refractivity (Wildman–Crippen MR) is 71.8 cm³/mol. The van der Waals surface area contributed by atoms with Gasteiger partial charge >= 0.3 is 0 Å². The highest BCUT2D eigenvalue weighted by Gasteiger charge is 2.13. The third kappa shape index (κ3) is 2.94. The molecule has 0 bridgehead atoms. The second-order valence-corrected chi connectivity index (χ2v) is 5.78. The van der Waals surface area contributed by atoms with Gasteiger partial charge in [-0.1, -0.05) is 12.1 Å². The lowest BCUT2D eigenvalue weighted by molar-refractivity contribution is 0.179. The van der Waals surface area contributed by atoms with Crippen LogP contribution in [0.4, 0.5) is 4.39 Å². The smallest absolute Gasteiger partial charge is 0.126 e. The molecule has 0 saturated carbocycles. The maximum absolute atomic E-state index is 13.4. The summed E-state index contributed by atoms with van der Waals surface area (Å²) in [5, 5.41) is 12.0. The van der Waals surface area contributed by atoms with Crippen LogP contribution in [-0.4, -0.2) is 5.11 Å². The van der Waals surface area contributed by atoms with E-state index in [2.05, 4.69) is 15.9 Å². The Bertz CT molecular complexity index is 524. The van der Waals surface area contributed by atoms with Crippen LogP contribution in [0.25, 0.3) is 0 Å². The summed E-state index contributed by atoms with van der Waals surface area (Å²) < 4.78 is 14.4. The fraction of sp³-hybridized carbons (Fsp3) is 0.231. The van der Waals surface area contributed by atoms with Crippen LogP contribution in [-0.2, 0) is 6.42 Å². The first-order chi connectivity index (χ1) is 8.08. The monoisotopic (exact) mass is 314 g/mol. The molecule has 0 spiro atoms. The van der Waals surface area contributed by atoms with E-state index in [4.69, 9.17) is 0 Å². The van der Waals surface area contributed by atoms with E-state index in [-0.39, 0.29) is 5.82 Å². The molecule has 0 aliphatic heterocycles. The Morgan fingerprint density at radius 2 is 2.18 bits per heavy atom. The van der Waals surface area contributed by atoms with Gasteiger partial charge in [0, 0.05) is 15.8 Å². The van der Waals surface area contributed by atoms with Gasteiger partial charge in [0.15, 0.2) is 0 Å². The SMILES string of the molecule is Cc1ccc(C(O)Cc2sccc2Br)cc1F. The number of hydrogen-bond donors (Lipinski definition) is 1. The fourth-order valence-corrected chi connectivity index (χ4v) is 3.13. The van der Waals surface area contributed by atoms with Crippen molar-refractivity contribution in [1.82, 2.24) is 0 Å². The third-order valence-corrected chi connectivity index (χ3v) is 4.60. The Balaban J connectivity index is 2.17. The highest BCUT2D eigenvalue weighted by molar-refractivity contribution is 9.10. The van der Waals surface area contributed by atoms with Crippen LogP contribution in [0.1, 0.15) is 22.1 Å². The van der Waals surface area contributed by atoms with Crippen molar-refractivity contribution >= 4 is 27.3 Å². The second-order valence-electron chi connectivity index (χ2n) is 3.92. The summed E-state index contributed by atoms with van der Waals surface area (Å²) in [7, 11) is 0. The number of aliphatic hydroxyl groups excluding tert-OH is 1. The van der Waals surface area contributed by atoms with Crippen LogP contribution >= 0.6 is 27.3 Å². The van der Waals surface area contributed by atoms with E-state index in [0.29, 0.717) is 17.5 Å². The normalized spacial score (nSPS) is 12.7. The Morgan fingerprint density at radius 3 is 2.76 bits per heavy atom. The number of rotatable bonds is 3. The highest BCUT2D eigenvalue weighted by atomic mass is 79.9. The zero-order valence-electron chi connectivity index (χ0n) is 9.28. The van der Waals surface area contributed by atoms with E-state index in [9.17, 15) is 9.50 Å². The Hall–Kier alpha value is -0.710. The van der Waals surface area contributed by atoms with Crippen LogP contribution < -0.4 is 0 Å². The number of aryl methyl sites for hydroxylation is 1. The van der Waals surface area contributed by atoms with Crippen molar-refractivity contribution in [3.63, 3.8) is 0 Å². The molecule has 1 atom stereocenters. The largest absolute Gasteiger partial charge is 0.388 e. The average Bonchev–Trinajstić information content (AvgIpc) is 2.68. The average molecular weight is 315 g/mol. The van der Waals surface area contributed by atoms with Crippen molar-refractivity contribution in [2.45, 2.75) is 19.4 Å². The third-order valence-electron chi connectivity index (χ3n) is 2.65. The first-order valence-electron chi connectivity index (χ1n) is 5.24. The van der Waals surface area contributed by atoms with Gasteiger partial charge in [-0.2, -0.15) is 0 Å². The molecule has 17 heavy (non-hydrogen) atoms. The maximum Gasteiger partial charge on any atom is 0.126 e. The minimum absolute atomic E-state index is 0.271. The van der Waals surface area contributed by atoms with Crippen LogP contribution in [0.3, 0.4) is 0 Å². The first-order valence-corrected chi connectivity index (χ1v) is 6.91. The Labute approximate surface area is 112 Å². The van der Waals surface area contributed by atoms with E-state index in [1.165, 1.54) is 6.07 Å². The summed E-state index contributed by atoms with van der Waals surface area (Å²) in [6.07, 6.45) is -0.166. The second kappa shape index (κ2) is 5.29. The van der Waals surface area contributed by atoms with Crippen molar-refractivity contribution in [2.75, 3.05) is 0 Å². The predicted octanol–water partition coefficient (Wildman–Crippen LogP) is 4.23. The molecular weight excluding hydrogens is 303 g/mol. The van der Waals surface area contributed by atoms with Crippen molar-refractivity contribution in [3.05, 3.63) is 55.9 Å². The van der Waals surface area contributed by atoms with Gasteiger partial charge in [0.25, 0.3) is 0 Å². The molecule has 1 unspecified atom stereocenters. The molecule has 0 fully saturated rings. The highest BCUT2D eigenvalue weighted by Crippen LogP contribution is 2.28. The molecule has 1 heterocycles. The zero-order valence-corrected chi connectivity index (χ0v) is 11.7. The van der Waals surface area contributed by atoms with Crippen molar-refractivity contribution in [3.8, 4) is 0 Å². The molecule has 0 aliphatic rings. The van der Waals surface area contributed by atoms with Gasteiger partial charge in [0.05, 0.1) is 6.10 Å². The summed E-state index contributed by atoms with van der Waals surface area (Å²) in [6.45, 7) is 1.71. The summed E-state index contributed by atoms with van der Waals surface area (Å²) in [5.41, 5.74) is 1.21. The van der Waals surface area contributed by atoms with Gasteiger partial charge in [-0.15, -0.1) is 11.3 Å². The number of halogens is 2. The quantitative estimate of drug-likeness (QED) is 0.898. The van der Waals surface area contributed by atoms with Crippen LogP contribution in [0, 0.1) is 12.7 Å². The molecule has 0 aliphatic carbocycles. The van der Waals surface area contributed by atoms with Gasteiger partial charge < -0.3 is 5.11 Å². The molecule has 1 aromatic heterocycles. The number of thiophene rings is 1. The fourth-order valence-electron chi connectivity index (χ4n) is 1.58. The molecule has 1 aromatic carbocycles. The van der Waals surface area contributed by atoms with Gasteiger partial charge in [0.1, 0.15) is 5.82 Å². The maximum atomic E-state index is 13.4. The summed E-state index contributed by atoms with van der Waals surface area (Å²) in [5.74, 6) is -0.271. The molecule has 4 heteroatoms. The van der Waals surface area contributed by atoms with E-state index < -0.39 is 6.10 Å². The van der Waals surface area contributed by atoms with Crippen molar-refractivity contribution in [1.29, 1.82) is 0 Å². The van der Waals surface area contributed by atoms with E-state index >= 15 is 0 Å². The lowest BCUT2D eigenvalue weighted by Crippen LogP contribution is -2.02. The molecular formula is C13H12BrFOS.